The molecule has 0 aromatic heterocycles. The molecule has 0 unspecified atom stereocenters. The summed E-state index contributed by atoms with van der Waals surface area (Å²) >= 11 is 0. The smallest absolute Gasteiger partial charge is 0.737 e. The van der Waals surface area contributed by atoms with Gasteiger partial charge in [-0.15, -0.1) is 5.01 Å². The molecule has 0 saturated carbocycles. The van der Waals surface area contributed by atoms with Gasteiger partial charge in [-0.3, -0.25) is 0 Å². The molecule has 0 aromatic carbocycles. The molecule has 0 aliphatic rings. The monoisotopic (exact) mass is 171 g/mol. The van der Waals surface area contributed by atoms with Crippen LogP contribution < -0.4 is 29.6 Å². The Morgan fingerprint density at radius 3 is 2.45 bits per heavy atom. The van der Waals surface area contributed by atoms with Crippen LogP contribution in [0.4, 0.5) is 0 Å². The van der Waals surface area contributed by atoms with Gasteiger partial charge in [-0.25, -0.2) is 0 Å². The van der Waals surface area contributed by atoms with Gasteiger partial charge < -0.3 is 15.5 Å². The van der Waals surface area contributed by atoms with Crippen LogP contribution in [0, 0.1) is 10.4 Å². The topological polar surface area (TPSA) is 85.0 Å². The van der Waals surface area contributed by atoms with E-state index in [9.17, 15) is 10.4 Å². The molecule has 60 valence electrons. The fourth-order valence-corrected chi connectivity index (χ4v) is 0.532. The Bertz CT molecular complexity index is 121. The average molecular weight is 171 g/mol. The molecule has 1 N–H and O–H groups in total. The van der Waals surface area contributed by atoms with Crippen molar-refractivity contribution in [2.45, 2.75) is 6.92 Å². The van der Waals surface area contributed by atoms with E-state index in [1.54, 1.807) is 6.92 Å². The van der Waals surface area contributed by atoms with Crippen LogP contribution >= 0.6 is 0 Å². The molecule has 0 saturated heterocycles. The number of aliphatic hydroxyl groups is 1. The van der Waals surface area contributed by atoms with Crippen LogP contribution in [0.2, 0.25) is 0 Å². The summed E-state index contributed by atoms with van der Waals surface area (Å²) in [5, 5.41) is 31.6. The van der Waals surface area contributed by atoms with Crippen molar-refractivity contribution in [2.24, 2.45) is 5.28 Å². The Labute approximate surface area is 86.9 Å². The molecular formula is C4H10N3NaO3. The average Bonchev–Trinajstić information content (AvgIpc) is 1.99. The third kappa shape index (κ3) is 5.25. The molecule has 0 heterocycles. The molecule has 0 atom stereocenters. The van der Waals surface area contributed by atoms with Crippen LogP contribution in [0.5, 0.6) is 0 Å². The van der Waals surface area contributed by atoms with Crippen molar-refractivity contribution in [3.8, 4) is 0 Å². The van der Waals surface area contributed by atoms with Crippen LogP contribution in [-0.2, 0) is 0 Å². The second-order valence-electron chi connectivity index (χ2n) is 1.60. The Morgan fingerprint density at radius 1 is 1.64 bits per heavy atom. The first-order valence-electron chi connectivity index (χ1n) is 2.92. The van der Waals surface area contributed by atoms with Gasteiger partial charge in [-0.2, -0.15) is 0 Å². The largest absolute Gasteiger partial charge is 1.00 e. The molecule has 0 aliphatic carbocycles. The molecule has 11 heavy (non-hydrogen) atoms. The first kappa shape index (κ1) is 13.5. The summed E-state index contributed by atoms with van der Waals surface area (Å²) in [4.78, 5) is -0.0732. The van der Waals surface area contributed by atoms with Gasteiger partial charge in [0.25, 0.3) is 0 Å². The first-order chi connectivity index (χ1) is 4.76. The summed E-state index contributed by atoms with van der Waals surface area (Å²) in [7, 11) is 0. The van der Waals surface area contributed by atoms with Crippen molar-refractivity contribution in [1.82, 2.24) is 5.01 Å². The third-order valence-electron chi connectivity index (χ3n) is 1.03. The second-order valence-corrected chi connectivity index (χ2v) is 1.60. The number of hydrazine groups is 1. The summed E-state index contributed by atoms with van der Waals surface area (Å²) < 4.78 is 0. The van der Waals surface area contributed by atoms with Gasteiger partial charge >= 0.3 is 29.6 Å². The van der Waals surface area contributed by atoms with Crippen LogP contribution in [0.1, 0.15) is 6.92 Å². The fourth-order valence-electron chi connectivity index (χ4n) is 0.532. The van der Waals surface area contributed by atoms with Crippen LogP contribution in [0.3, 0.4) is 0 Å². The van der Waals surface area contributed by atoms with E-state index in [1.165, 1.54) is 0 Å². The van der Waals surface area contributed by atoms with Crippen molar-refractivity contribution in [3.05, 3.63) is 10.4 Å². The molecule has 0 rings (SSSR count). The fraction of sp³-hybridized carbons (Fsp3) is 1.00. The maximum Gasteiger partial charge on any atom is 1.00 e. The molecule has 7 heteroatoms. The number of rotatable bonds is 4. The minimum absolute atomic E-state index is 0. The summed E-state index contributed by atoms with van der Waals surface area (Å²) in [6, 6.07) is 0. The normalized spacial score (nSPS) is 10.5. The predicted molar refractivity (Wildman–Crippen MR) is 33.8 cm³/mol. The van der Waals surface area contributed by atoms with E-state index in [2.05, 4.69) is 5.28 Å². The van der Waals surface area contributed by atoms with Crippen molar-refractivity contribution in [1.29, 1.82) is 0 Å². The molecule has 0 fully saturated rings. The van der Waals surface area contributed by atoms with Crippen molar-refractivity contribution in [2.75, 3.05) is 19.7 Å². The minimum atomic E-state index is -0.165. The van der Waals surface area contributed by atoms with E-state index in [0.717, 1.165) is 5.01 Å². The van der Waals surface area contributed by atoms with E-state index >= 15 is 0 Å². The maximum absolute atomic E-state index is 10.4. The van der Waals surface area contributed by atoms with E-state index in [1.807, 2.05) is 0 Å². The number of hydrogen-bond donors (Lipinski definition) is 1. The van der Waals surface area contributed by atoms with Crippen LogP contribution in [0.15, 0.2) is 5.28 Å². The van der Waals surface area contributed by atoms with Gasteiger partial charge in [0.15, 0.2) is 0 Å². The van der Waals surface area contributed by atoms with Gasteiger partial charge in [0.2, 0.25) is 0 Å². The Morgan fingerprint density at radius 2 is 2.18 bits per heavy atom. The predicted octanol–water partition coefficient (Wildman–Crippen LogP) is -3.32. The SMILES string of the molecule is CCN(CCO)/[N+]([O-])=N/[O-].[Na+]. The van der Waals surface area contributed by atoms with Crippen molar-refractivity contribution >= 4 is 0 Å². The molecule has 0 radical (unpaired) electrons. The quantitative estimate of drug-likeness (QED) is 0.207. The summed E-state index contributed by atoms with van der Waals surface area (Å²) in [5.74, 6) is 0. The molecule has 6 nitrogen and oxygen atoms in total. The summed E-state index contributed by atoms with van der Waals surface area (Å²) in [6.07, 6.45) is 0. The molecular weight excluding hydrogens is 161 g/mol. The molecule has 0 amide bonds. The molecule has 0 aromatic rings. The van der Waals surface area contributed by atoms with E-state index in [-0.39, 0.29) is 47.7 Å². The number of hydrogen-bond acceptors (Lipinski definition) is 4. The maximum atomic E-state index is 10.4. The number of nitrogens with zero attached hydrogens (tertiary/aromatic N) is 3. The van der Waals surface area contributed by atoms with Crippen LogP contribution in [-0.4, -0.2) is 34.8 Å². The van der Waals surface area contributed by atoms with Gasteiger partial charge in [0.1, 0.15) is 0 Å². The molecule has 0 bridgehead atoms. The van der Waals surface area contributed by atoms with Gasteiger partial charge in [0, 0.05) is 4.97 Å². The number of aliphatic hydroxyl groups excluding tert-OH is 1. The van der Waals surface area contributed by atoms with E-state index in [4.69, 9.17) is 5.11 Å². The van der Waals surface area contributed by atoms with Crippen molar-refractivity contribution in [3.63, 3.8) is 0 Å². The van der Waals surface area contributed by atoms with Crippen LogP contribution in [0.25, 0.3) is 0 Å². The van der Waals surface area contributed by atoms with Crippen molar-refractivity contribution < 1.29 is 39.6 Å². The van der Waals surface area contributed by atoms with Gasteiger partial charge in [-0.05, 0) is 12.2 Å². The van der Waals surface area contributed by atoms with E-state index < -0.39 is 0 Å². The Kier molecular flexibility index (Phi) is 9.92. The summed E-state index contributed by atoms with van der Waals surface area (Å²) in [6.45, 7) is 2.01. The molecule has 0 spiro atoms. The third-order valence-corrected chi connectivity index (χ3v) is 1.03. The standard InChI is InChI=1S/C4H11N3O3.Na/c1-2-6(3-4-8)7(10)5-9;/h8-9H,2-4H2,1H3;/q;+1/p-1/b7-5-;. The van der Waals surface area contributed by atoms with Gasteiger partial charge in [-0.1, -0.05) is 0 Å². The summed E-state index contributed by atoms with van der Waals surface area (Å²) in [5.41, 5.74) is 0. The zero-order valence-electron chi connectivity index (χ0n) is 6.73. The Balaban J connectivity index is 0. The first-order valence-corrected chi connectivity index (χ1v) is 2.92. The number of likely N-dealkylation sites (N-methyl/N-ethyl adjacent to an activating group) is 1. The minimum Gasteiger partial charge on any atom is -0.737 e. The van der Waals surface area contributed by atoms with Gasteiger partial charge in [0.05, 0.1) is 19.7 Å². The van der Waals surface area contributed by atoms with E-state index in [0.29, 0.717) is 6.54 Å². The zero-order valence-corrected chi connectivity index (χ0v) is 8.73. The Hall–Kier alpha value is -0.0400. The second kappa shape index (κ2) is 8.06. The molecule has 0 aliphatic heterocycles. The zero-order chi connectivity index (χ0) is 7.98.